The summed E-state index contributed by atoms with van der Waals surface area (Å²) < 4.78 is 0. The van der Waals surface area contributed by atoms with Crippen molar-refractivity contribution in [1.82, 2.24) is 5.32 Å². The second-order valence-corrected chi connectivity index (χ2v) is 5.83. The fourth-order valence-electron chi connectivity index (χ4n) is 2.46. The van der Waals surface area contributed by atoms with Crippen LogP contribution in [0.5, 0.6) is 5.75 Å². The summed E-state index contributed by atoms with van der Waals surface area (Å²) in [7, 11) is 0. The predicted molar refractivity (Wildman–Crippen MR) is 75.3 cm³/mol. The molecule has 18 heavy (non-hydrogen) atoms. The van der Waals surface area contributed by atoms with E-state index < -0.39 is 0 Å². The number of nitrogens with one attached hydrogen (secondary N) is 1. The lowest BCUT2D eigenvalue weighted by atomic mass is 10.1. The van der Waals surface area contributed by atoms with Crippen LogP contribution in [0.3, 0.4) is 0 Å². The number of aromatic hydroxyl groups is 1. The van der Waals surface area contributed by atoms with Crippen LogP contribution in [-0.4, -0.2) is 28.6 Å². The third kappa shape index (κ3) is 2.64. The lowest BCUT2D eigenvalue weighted by Gasteiger charge is -2.19. The van der Waals surface area contributed by atoms with Crippen molar-refractivity contribution in [2.24, 2.45) is 0 Å². The Balaban J connectivity index is 2.10. The summed E-state index contributed by atoms with van der Waals surface area (Å²) >= 11 is 1.81. The Labute approximate surface area is 112 Å². The lowest BCUT2D eigenvalue weighted by Crippen LogP contribution is -2.38. The van der Waals surface area contributed by atoms with Gasteiger partial charge in [-0.2, -0.15) is 11.8 Å². The molecular weight excluding hydrogens is 246 g/mol. The van der Waals surface area contributed by atoms with Gasteiger partial charge in [-0.05, 0) is 37.7 Å². The average molecular weight is 265 g/mol. The van der Waals surface area contributed by atoms with Crippen molar-refractivity contribution in [2.75, 3.05) is 6.26 Å². The highest BCUT2D eigenvalue weighted by Crippen LogP contribution is 2.29. The van der Waals surface area contributed by atoms with E-state index in [4.69, 9.17) is 0 Å². The number of rotatable bonds is 3. The van der Waals surface area contributed by atoms with Crippen LogP contribution in [0.2, 0.25) is 0 Å². The van der Waals surface area contributed by atoms with Gasteiger partial charge in [-0.3, -0.25) is 4.79 Å². The molecule has 2 unspecified atom stereocenters. The van der Waals surface area contributed by atoms with Crippen LogP contribution in [0.4, 0.5) is 0 Å². The van der Waals surface area contributed by atoms with E-state index in [1.165, 1.54) is 0 Å². The Morgan fingerprint density at radius 3 is 2.94 bits per heavy atom. The maximum Gasteiger partial charge on any atom is 0.255 e. The summed E-state index contributed by atoms with van der Waals surface area (Å²) in [4.78, 5) is 12.2. The number of thioether (sulfide) groups is 1. The molecule has 0 heterocycles. The Morgan fingerprint density at radius 1 is 1.44 bits per heavy atom. The van der Waals surface area contributed by atoms with Crippen LogP contribution < -0.4 is 5.32 Å². The third-order valence-corrected chi connectivity index (χ3v) is 4.72. The maximum atomic E-state index is 12.2. The number of phenolic OH excluding ortho intramolecular Hbond substituents is 1. The van der Waals surface area contributed by atoms with Gasteiger partial charge in [0.2, 0.25) is 0 Å². The molecule has 0 saturated heterocycles. The van der Waals surface area contributed by atoms with Crippen LogP contribution >= 0.6 is 11.8 Å². The number of aryl methyl sites for hydroxylation is 1. The molecule has 1 aliphatic carbocycles. The van der Waals surface area contributed by atoms with E-state index in [-0.39, 0.29) is 17.7 Å². The van der Waals surface area contributed by atoms with Crippen molar-refractivity contribution >= 4 is 17.7 Å². The number of hydrogen-bond donors (Lipinski definition) is 2. The molecule has 1 aromatic rings. The van der Waals surface area contributed by atoms with Crippen LogP contribution in [0, 0.1) is 6.92 Å². The molecule has 0 spiro atoms. The van der Waals surface area contributed by atoms with Gasteiger partial charge in [0.15, 0.2) is 0 Å². The maximum absolute atomic E-state index is 12.2. The summed E-state index contributed by atoms with van der Waals surface area (Å²) in [5.41, 5.74) is 1.11. The number of amides is 1. The van der Waals surface area contributed by atoms with E-state index in [9.17, 15) is 9.90 Å². The first kappa shape index (κ1) is 13.3. The van der Waals surface area contributed by atoms with Gasteiger partial charge in [-0.1, -0.05) is 18.6 Å². The van der Waals surface area contributed by atoms with Gasteiger partial charge >= 0.3 is 0 Å². The molecule has 98 valence electrons. The normalized spacial score (nSPS) is 23.0. The molecular formula is C14H19NO2S. The van der Waals surface area contributed by atoms with E-state index in [0.29, 0.717) is 10.8 Å². The highest BCUT2D eigenvalue weighted by atomic mass is 32.2. The smallest absolute Gasteiger partial charge is 0.255 e. The molecule has 1 fully saturated rings. The molecule has 4 heteroatoms. The van der Waals surface area contributed by atoms with Gasteiger partial charge in [0, 0.05) is 11.3 Å². The molecule has 2 atom stereocenters. The Kier molecular flexibility index (Phi) is 4.17. The minimum atomic E-state index is -0.165. The number of benzene rings is 1. The summed E-state index contributed by atoms with van der Waals surface area (Å²) in [5, 5.41) is 13.4. The van der Waals surface area contributed by atoms with Gasteiger partial charge in [0.05, 0.1) is 5.56 Å². The fraction of sp³-hybridized carbons (Fsp3) is 0.500. The molecule has 1 saturated carbocycles. The van der Waals surface area contributed by atoms with Gasteiger partial charge in [-0.25, -0.2) is 0 Å². The fourth-order valence-corrected chi connectivity index (χ4v) is 3.40. The zero-order valence-electron chi connectivity index (χ0n) is 10.8. The summed E-state index contributed by atoms with van der Waals surface area (Å²) in [6.45, 7) is 1.80. The van der Waals surface area contributed by atoms with Gasteiger partial charge in [-0.15, -0.1) is 0 Å². The quantitative estimate of drug-likeness (QED) is 0.883. The predicted octanol–water partition coefficient (Wildman–Crippen LogP) is 2.71. The first-order valence-electron chi connectivity index (χ1n) is 6.25. The molecule has 3 nitrogen and oxygen atoms in total. The van der Waals surface area contributed by atoms with Crippen LogP contribution in [0.25, 0.3) is 0 Å². The molecule has 1 amide bonds. The highest BCUT2D eigenvalue weighted by molar-refractivity contribution is 7.99. The number of carbonyl (C=O) groups excluding carboxylic acids is 1. The minimum Gasteiger partial charge on any atom is -0.507 e. The van der Waals surface area contributed by atoms with Crippen molar-refractivity contribution in [2.45, 2.75) is 37.5 Å². The molecule has 0 bridgehead atoms. The Morgan fingerprint density at radius 2 is 2.22 bits per heavy atom. The first-order chi connectivity index (χ1) is 8.63. The van der Waals surface area contributed by atoms with Crippen LogP contribution in [0.1, 0.15) is 35.2 Å². The second kappa shape index (κ2) is 5.65. The standard InChI is InChI=1S/C14H19NO2S/c1-9-5-3-6-10(13(9)16)14(17)15-11-7-4-8-12(11)18-2/h3,5-6,11-12,16H,4,7-8H2,1-2H3,(H,15,17). The monoisotopic (exact) mass is 265 g/mol. The average Bonchev–Trinajstić information content (AvgIpc) is 2.79. The van der Waals surface area contributed by atoms with Crippen molar-refractivity contribution in [1.29, 1.82) is 0 Å². The molecule has 2 rings (SSSR count). The number of carbonyl (C=O) groups is 1. The zero-order valence-corrected chi connectivity index (χ0v) is 11.6. The first-order valence-corrected chi connectivity index (χ1v) is 7.54. The van der Waals surface area contributed by atoms with Gasteiger partial charge in [0.1, 0.15) is 5.75 Å². The van der Waals surface area contributed by atoms with Crippen molar-refractivity contribution in [3.8, 4) is 5.75 Å². The second-order valence-electron chi connectivity index (χ2n) is 4.76. The molecule has 0 aromatic heterocycles. The summed E-state index contributed by atoms with van der Waals surface area (Å²) in [6, 6.07) is 5.49. The minimum absolute atomic E-state index is 0.0914. The van der Waals surface area contributed by atoms with E-state index in [1.54, 1.807) is 25.1 Å². The Hall–Kier alpha value is -1.16. The summed E-state index contributed by atoms with van der Waals surface area (Å²) in [6.07, 6.45) is 5.44. The van der Waals surface area contributed by atoms with Gasteiger partial charge in [0.25, 0.3) is 5.91 Å². The zero-order chi connectivity index (χ0) is 13.1. The lowest BCUT2D eigenvalue weighted by molar-refractivity contribution is 0.0936. The topological polar surface area (TPSA) is 49.3 Å². The molecule has 2 N–H and O–H groups in total. The van der Waals surface area contributed by atoms with Crippen LogP contribution in [0.15, 0.2) is 18.2 Å². The molecule has 1 aromatic carbocycles. The highest BCUT2D eigenvalue weighted by Gasteiger charge is 2.28. The number of phenols is 1. The largest absolute Gasteiger partial charge is 0.507 e. The molecule has 0 radical (unpaired) electrons. The van der Waals surface area contributed by atoms with Crippen molar-refractivity contribution < 1.29 is 9.90 Å². The SMILES string of the molecule is CSC1CCCC1NC(=O)c1cccc(C)c1O. The molecule has 0 aliphatic heterocycles. The van der Waals surface area contributed by atoms with E-state index in [1.807, 2.05) is 11.8 Å². The number of hydrogen-bond acceptors (Lipinski definition) is 3. The molecule has 1 aliphatic rings. The van der Waals surface area contributed by atoms with E-state index >= 15 is 0 Å². The Bertz CT molecular complexity index is 447. The van der Waals surface area contributed by atoms with Crippen LogP contribution in [-0.2, 0) is 0 Å². The third-order valence-electron chi connectivity index (χ3n) is 3.55. The van der Waals surface area contributed by atoms with Crippen molar-refractivity contribution in [3.05, 3.63) is 29.3 Å². The van der Waals surface area contributed by atoms with Gasteiger partial charge < -0.3 is 10.4 Å². The van der Waals surface area contributed by atoms with E-state index in [2.05, 4.69) is 11.6 Å². The van der Waals surface area contributed by atoms with Crippen molar-refractivity contribution in [3.63, 3.8) is 0 Å². The number of para-hydroxylation sites is 1. The summed E-state index contributed by atoms with van der Waals surface area (Å²) in [5.74, 6) is -0.0733. The van der Waals surface area contributed by atoms with E-state index in [0.717, 1.165) is 24.8 Å².